The number of rotatable bonds is 1. The SMILES string of the molecule is COC1Cc2[nH]c3c(C)nc(N)cc3c2CC=CC1(C)C. The zero-order chi connectivity index (χ0) is 15.2. The number of nitrogens with zero attached hydrogens (tertiary/aromatic N) is 1. The molecule has 0 radical (unpaired) electrons. The molecular weight excluding hydrogens is 262 g/mol. The summed E-state index contributed by atoms with van der Waals surface area (Å²) >= 11 is 0. The molecule has 112 valence electrons. The van der Waals surface area contributed by atoms with Crippen LogP contribution in [0.25, 0.3) is 10.9 Å². The number of hydrogen-bond acceptors (Lipinski definition) is 3. The standard InChI is InChI=1S/C17H23N3O/c1-10-16-12(8-15(18)19-10)11-6-5-7-17(2,3)14(21-4)9-13(11)20-16/h5,7-8,14,20H,6,9H2,1-4H3,(H2,18,19). The smallest absolute Gasteiger partial charge is 0.124 e. The van der Waals surface area contributed by atoms with E-state index < -0.39 is 0 Å². The molecule has 0 fully saturated rings. The molecule has 2 heterocycles. The van der Waals surface area contributed by atoms with Gasteiger partial charge in [-0.2, -0.15) is 0 Å². The quantitative estimate of drug-likeness (QED) is 0.791. The van der Waals surface area contributed by atoms with Crippen LogP contribution in [-0.2, 0) is 17.6 Å². The molecule has 0 spiro atoms. The molecular formula is C17H23N3O. The lowest BCUT2D eigenvalue weighted by molar-refractivity contribution is 0.0306. The molecule has 0 saturated carbocycles. The first kappa shape index (κ1) is 14.1. The third-order valence-corrected chi connectivity index (χ3v) is 4.56. The van der Waals surface area contributed by atoms with Gasteiger partial charge in [-0.1, -0.05) is 26.0 Å². The fourth-order valence-corrected chi connectivity index (χ4v) is 3.31. The molecule has 0 aliphatic heterocycles. The topological polar surface area (TPSA) is 63.9 Å². The van der Waals surface area contributed by atoms with Gasteiger partial charge in [0.1, 0.15) is 5.82 Å². The Kier molecular flexibility index (Phi) is 3.29. The number of pyridine rings is 1. The lowest BCUT2D eigenvalue weighted by atomic mass is 9.81. The minimum atomic E-state index is 0.0239. The maximum Gasteiger partial charge on any atom is 0.124 e. The summed E-state index contributed by atoms with van der Waals surface area (Å²) < 4.78 is 5.74. The number of H-pyrrole nitrogens is 1. The number of anilines is 1. The zero-order valence-corrected chi connectivity index (χ0v) is 13.2. The fraction of sp³-hybridized carbons (Fsp3) is 0.471. The van der Waals surface area contributed by atoms with Crippen molar-refractivity contribution in [3.8, 4) is 0 Å². The number of hydrogen-bond donors (Lipinski definition) is 2. The highest BCUT2D eigenvalue weighted by molar-refractivity contribution is 5.88. The summed E-state index contributed by atoms with van der Waals surface area (Å²) in [6, 6.07) is 1.97. The van der Waals surface area contributed by atoms with E-state index in [0.29, 0.717) is 5.82 Å². The fourth-order valence-electron chi connectivity index (χ4n) is 3.31. The Morgan fingerprint density at radius 3 is 2.90 bits per heavy atom. The average molecular weight is 285 g/mol. The molecule has 21 heavy (non-hydrogen) atoms. The molecule has 0 aromatic carbocycles. The molecule has 1 aliphatic carbocycles. The van der Waals surface area contributed by atoms with Crippen LogP contribution in [0.1, 0.15) is 30.8 Å². The largest absolute Gasteiger partial charge is 0.384 e. The number of nitrogen functional groups attached to an aromatic ring is 1. The van der Waals surface area contributed by atoms with Crippen LogP contribution in [0.3, 0.4) is 0 Å². The van der Waals surface area contributed by atoms with Crippen LogP contribution in [0.15, 0.2) is 18.2 Å². The van der Waals surface area contributed by atoms with Crippen LogP contribution in [0.2, 0.25) is 0 Å². The number of nitrogens with two attached hydrogens (primary N) is 1. The minimum absolute atomic E-state index is 0.0239. The van der Waals surface area contributed by atoms with Crippen molar-refractivity contribution >= 4 is 16.7 Å². The Labute approximate surface area is 125 Å². The normalized spacial score (nSPS) is 21.0. The van der Waals surface area contributed by atoms with Crippen molar-refractivity contribution in [2.75, 3.05) is 12.8 Å². The molecule has 2 aromatic rings. The Morgan fingerprint density at radius 1 is 1.43 bits per heavy atom. The highest BCUT2D eigenvalue weighted by Crippen LogP contribution is 2.34. The zero-order valence-electron chi connectivity index (χ0n) is 13.2. The number of methoxy groups -OCH3 is 1. The van der Waals surface area contributed by atoms with Gasteiger partial charge in [0.15, 0.2) is 0 Å². The number of aromatic amines is 1. The van der Waals surface area contributed by atoms with Crippen molar-refractivity contribution in [2.24, 2.45) is 5.41 Å². The molecule has 0 saturated heterocycles. The molecule has 0 bridgehead atoms. The lowest BCUT2D eigenvalue weighted by Gasteiger charge is -2.31. The number of allylic oxidation sites excluding steroid dienone is 1. The van der Waals surface area contributed by atoms with Gasteiger partial charge >= 0.3 is 0 Å². The highest BCUT2D eigenvalue weighted by Gasteiger charge is 2.30. The first-order valence-electron chi connectivity index (χ1n) is 7.39. The van der Waals surface area contributed by atoms with Crippen LogP contribution < -0.4 is 5.73 Å². The summed E-state index contributed by atoms with van der Waals surface area (Å²) in [4.78, 5) is 7.91. The molecule has 3 rings (SSSR count). The number of ether oxygens (including phenoxy) is 1. The molecule has 1 atom stereocenters. The van der Waals surface area contributed by atoms with Gasteiger partial charge in [0.05, 0.1) is 17.3 Å². The summed E-state index contributed by atoms with van der Waals surface area (Å²) in [5.41, 5.74) is 10.5. The van der Waals surface area contributed by atoms with E-state index in [9.17, 15) is 0 Å². The highest BCUT2D eigenvalue weighted by atomic mass is 16.5. The van der Waals surface area contributed by atoms with Gasteiger partial charge in [0.2, 0.25) is 0 Å². The number of aromatic nitrogens is 2. The molecule has 0 amide bonds. The Morgan fingerprint density at radius 2 is 2.19 bits per heavy atom. The van der Waals surface area contributed by atoms with Crippen LogP contribution in [0, 0.1) is 12.3 Å². The van der Waals surface area contributed by atoms with Gasteiger partial charge in [0, 0.05) is 30.0 Å². The van der Waals surface area contributed by atoms with Crippen molar-refractivity contribution in [3.63, 3.8) is 0 Å². The van der Waals surface area contributed by atoms with Crippen LogP contribution in [-0.4, -0.2) is 23.2 Å². The van der Waals surface area contributed by atoms with Crippen LogP contribution >= 0.6 is 0 Å². The summed E-state index contributed by atoms with van der Waals surface area (Å²) in [6.07, 6.45) is 6.44. The number of nitrogens with one attached hydrogen (secondary N) is 1. The third-order valence-electron chi connectivity index (χ3n) is 4.56. The Bertz CT molecular complexity index is 712. The van der Waals surface area contributed by atoms with Crippen molar-refractivity contribution < 1.29 is 4.74 Å². The molecule has 4 heteroatoms. The van der Waals surface area contributed by atoms with Gasteiger partial charge in [-0.05, 0) is 25.0 Å². The summed E-state index contributed by atoms with van der Waals surface area (Å²) in [5.74, 6) is 0.580. The van der Waals surface area contributed by atoms with Crippen LogP contribution in [0.5, 0.6) is 0 Å². The molecule has 1 unspecified atom stereocenters. The van der Waals surface area contributed by atoms with E-state index in [1.807, 2.05) is 13.0 Å². The molecule has 3 N–H and O–H groups in total. The van der Waals surface area contributed by atoms with Crippen molar-refractivity contribution in [3.05, 3.63) is 35.2 Å². The average Bonchev–Trinajstić information content (AvgIpc) is 2.72. The first-order valence-corrected chi connectivity index (χ1v) is 7.39. The van der Waals surface area contributed by atoms with E-state index in [1.165, 1.54) is 16.6 Å². The van der Waals surface area contributed by atoms with Crippen molar-refractivity contribution in [2.45, 2.75) is 39.7 Å². The van der Waals surface area contributed by atoms with E-state index in [0.717, 1.165) is 24.1 Å². The molecule has 1 aliphatic rings. The van der Waals surface area contributed by atoms with E-state index in [-0.39, 0.29) is 11.5 Å². The summed E-state index contributed by atoms with van der Waals surface area (Å²) in [5, 5.41) is 1.19. The van der Waals surface area contributed by atoms with Gasteiger partial charge in [-0.15, -0.1) is 0 Å². The summed E-state index contributed by atoms with van der Waals surface area (Å²) in [7, 11) is 1.79. The Hall–Kier alpha value is -1.81. The third kappa shape index (κ3) is 2.33. The van der Waals surface area contributed by atoms with Crippen molar-refractivity contribution in [1.29, 1.82) is 0 Å². The predicted octanol–water partition coefficient (Wildman–Crippen LogP) is 3.15. The monoisotopic (exact) mass is 285 g/mol. The number of fused-ring (bicyclic) bond motifs is 3. The van der Waals surface area contributed by atoms with E-state index in [4.69, 9.17) is 10.5 Å². The Balaban J connectivity index is 2.18. The van der Waals surface area contributed by atoms with E-state index >= 15 is 0 Å². The van der Waals surface area contributed by atoms with E-state index in [2.05, 4.69) is 36.0 Å². The summed E-state index contributed by atoms with van der Waals surface area (Å²) in [6.45, 7) is 6.43. The predicted molar refractivity (Wildman–Crippen MR) is 86.4 cm³/mol. The van der Waals surface area contributed by atoms with Crippen molar-refractivity contribution in [1.82, 2.24) is 9.97 Å². The van der Waals surface area contributed by atoms with Gasteiger partial charge in [-0.25, -0.2) is 4.98 Å². The molecule has 2 aromatic heterocycles. The van der Waals surface area contributed by atoms with Gasteiger partial charge in [0.25, 0.3) is 0 Å². The van der Waals surface area contributed by atoms with E-state index in [1.54, 1.807) is 7.11 Å². The van der Waals surface area contributed by atoms with Gasteiger partial charge in [-0.3, -0.25) is 0 Å². The maximum absolute atomic E-state index is 5.92. The second-order valence-electron chi connectivity index (χ2n) is 6.49. The van der Waals surface area contributed by atoms with Gasteiger partial charge < -0.3 is 15.5 Å². The molecule has 4 nitrogen and oxygen atoms in total. The first-order chi connectivity index (χ1) is 9.92. The second kappa shape index (κ2) is 4.88. The second-order valence-corrected chi connectivity index (χ2v) is 6.49. The van der Waals surface area contributed by atoms with Crippen LogP contribution in [0.4, 0.5) is 5.82 Å². The number of aryl methyl sites for hydroxylation is 1. The lowest BCUT2D eigenvalue weighted by Crippen LogP contribution is -2.32. The maximum atomic E-state index is 5.92. The minimum Gasteiger partial charge on any atom is -0.384 e.